The molecule has 1 atom stereocenters. The quantitative estimate of drug-likeness (QED) is 0.338. The van der Waals surface area contributed by atoms with Gasteiger partial charge < -0.3 is 14.4 Å². The number of Topliss-reactive ketones (excluding diaryl/α,β-unsaturated/α-hetero) is 1. The second-order valence-electron chi connectivity index (χ2n) is 6.87. The van der Waals surface area contributed by atoms with Gasteiger partial charge in [-0.3, -0.25) is 14.5 Å². The molecule has 9 heteroatoms. The number of aliphatic hydroxyl groups is 1. The highest BCUT2D eigenvalue weighted by Crippen LogP contribution is 2.43. The molecule has 1 aromatic heterocycles. The maximum Gasteiger partial charge on any atom is 0.301 e. The fourth-order valence-electron chi connectivity index (χ4n) is 3.46. The van der Waals surface area contributed by atoms with E-state index >= 15 is 0 Å². The summed E-state index contributed by atoms with van der Waals surface area (Å²) in [5, 5.41) is 15.5. The molecular formula is C22H16Cl2N2O5. The van der Waals surface area contributed by atoms with Gasteiger partial charge in [0, 0.05) is 11.6 Å². The molecule has 158 valence electrons. The van der Waals surface area contributed by atoms with E-state index < -0.39 is 17.7 Å². The SMILES string of the molecule is COc1cccc(C(O)=C2C(=O)C(=O)N(c3cc(C)on3)C2c2ccc(Cl)c(Cl)c2)c1. The molecule has 0 saturated carbocycles. The van der Waals surface area contributed by atoms with E-state index in [-0.39, 0.29) is 22.2 Å². The van der Waals surface area contributed by atoms with Crippen LogP contribution in [-0.2, 0) is 9.59 Å². The van der Waals surface area contributed by atoms with Crippen LogP contribution >= 0.6 is 23.2 Å². The molecule has 1 N–H and O–H groups in total. The van der Waals surface area contributed by atoms with Crippen LogP contribution in [0, 0.1) is 6.92 Å². The number of aromatic nitrogens is 1. The molecule has 31 heavy (non-hydrogen) atoms. The summed E-state index contributed by atoms with van der Waals surface area (Å²) in [4.78, 5) is 27.2. The van der Waals surface area contributed by atoms with Crippen molar-refractivity contribution in [2.24, 2.45) is 0 Å². The Hall–Kier alpha value is -3.29. The van der Waals surface area contributed by atoms with Crippen molar-refractivity contribution in [3.05, 3.63) is 81.0 Å². The number of carbonyl (C=O) groups is 2. The Morgan fingerprint density at radius 2 is 1.90 bits per heavy atom. The van der Waals surface area contributed by atoms with Crippen LogP contribution in [0.3, 0.4) is 0 Å². The van der Waals surface area contributed by atoms with Gasteiger partial charge in [-0.2, -0.15) is 0 Å². The van der Waals surface area contributed by atoms with Gasteiger partial charge in [0.25, 0.3) is 5.78 Å². The van der Waals surface area contributed by atoms with E-state index in [0.717, 1.165) is 0 Å². The number of aliphatic hydroxyl groups excluding tert-OH is 1. The molecule has 1 aliphatic rings. The van der Waals surface area contributed by atoms with E-state index in [0.29, 0.717) is 27.7 Å². The molecule has 0 aliphatic carbocycles. The van der Waals surface area contributed by atoms with Crippen molar-refractivity contribution in [1.82, 2.24) is 5.16 Å². The molecule has 1 fully saturated rings. The van der Waals surface area contributed by atoms with Crippen LogP contribution in [0.15, 0.2) is 58.6 Å². The topological polar surface area (TPSA) is 92.9 Å². The summed E-state index contributed by atoms with van der Waals surface area (Å²) >= 11 is 12.2. The van der Waals surface area contributed by atoms with Crippen molar-refractivity contribution in [3.8, 4) is 5.75 Å². The highest BCUT2D eigenvalue weighted by Gasteiger charge is 2.48. The summed E-state index contributed by atoms with van der Waals surface area (Å²) in [6.07, 6.45) is 0. The Labute approximate surface area is 187 Å². The summed E-state index contributed by atoms with van der Waals surface area (Å²) in [7, 11) is 1.49. The number of anilines is 1. The molecule has 0 spiro atoms. The first kappa shape index (κ1) is 21.0. The number of aryl methyl sites for hydroxylation is 1. The van der Waals surface area contributed by atoms with E-state index in [4.69, 9.17) is 32.5 Å². The molecule has 0 bridgehead atoms. The maximum absolute atomic E-state index is 13.0. The number of amides is 1. The van der Waals surface area contributed by atoms with Crippen molar-refractivity contribution in [1.29, 1.82) is 0 Å². The average Bonchev–Trinajstić information content (AvgIpc) is 3.30. The Bertz CT molecular complexity index is 1230. The number of halogens is 2. The maximum atomic E-state index is 13.0. The number of hydrogen-bond donors (Lipinski definition) is 1. The summed E-state index contributed by atoms with van der Waals surface area (Å²) in [5.41, 5.74) is 0.676. The Morgan fingerprint density at radius 3 is 2.55 bits per heavy atom. The molecule has 1 unspecified atom stereocenters. The number of ether oxygens (including phenoxy) is 1. The predicted octanol–water partition coefficient (Wildman–Crippen LogP) is 4.92. The van der Waals surface area contributed by atoms with E-state index in [1.165, 1.54) is 18.1 Å². The average molecular weight is 459 g/mol. The molecule has 1 amide bonds. The number of nitrogens with zero attached hydrogens (tertiary/aromatic N) is 2. The van der Waals surface area contributed by atoms with Crippen LogP contribution < -0.4 is 9.64 Å². The number of rotatable bonds is 4. The van der Waals surface area contributed by atoms with Gasteiger partial charge >= 0.3 is 5.91 Å². The molecular weight excluding hydrogens is 443 g/mol. The van der Waals surface area contributed by atoms with Gasteiger partial charge in [0.1, 0.15) is 17.3 Å². The first-order chi connectivity index (χ1) is 14.8. The summed E-state index contributed by atoms with van der Waals surface area (Å²) in [6, 6.07) is 11.8. The zero-order chi connectivity index (χ0) is 22.3. The summed E-state index contributed by atoms with van der Waals surface area (Å²) in [5.74, 6) is -0.989. The second-order valence-corrected chi connectivity index (χ2v) is 7.68. The van der Waals surface area contributed by atoms with Gasteiger partial charge in [-0.05, 0) is 36.8 Å². The minimum atomic E-state index is -0.995. The van der Waals surface area contributed by atoms with Gasteiger partial charge in [0.15, 0.2) is 5.82 Å². The third-order valence-corrected chi connectivity index (χ3v) is 5.65. The third kappa shape index (κ3) is 3.66. The highest BCUT2D eigenvalue weighted by atomic mass is 35.5. The second kappa shape index (κ2) is 8.09. The van der Waals surface area contributed by atoms with Gasteiger partial charge in [-0.1, -0.05) is 46.6 Å². The number of benzene rings is 2. The molecule has 3 aromatic rings. The lowest BCUT2D eigenvalue weighted by Crippen LogP contribution is -2.29. The molecule has 4 rings (SSSR count). The van der Waals surface area contributed by atoms with Crippen molar-refractivity contribution < 1.29 is 24.0 Å². The van der Waals surface area contributed by atoms with E-state index in [9.17, 15) is 14.7 Å². The third-order valence-electron chi connectivity index (χ3n) is 4.91. The van der Waals surface area contributed by atoms with Crippen LogP contribution in [0.25, 0.3) is 5.76 Å². The number of methoxy groups -OCH3 is 1. The lowest BCUT2D eigenvalue weighted by atomic mass is 9.95. The smallest absolute Gasteiger partial charge is 0.301 e. The lowest BCUT2D eigenvalue weighted by Gasteiger charge is -2.23. The molecule has 2 heterocycles. The standard InChI is InChI=1S/C22H16Cl2N2O5/c1-11-8-17(25-31-11)26-19(12-6-7-15(23)16(24)10-12)18(21(28)22(26)29)20(27)13-4-3-5-14(9-13)30-2/h3-10,19,27H,1-2H3. The van der Waals surface area contributed by atoms with Crippen LogP contribution in [-0.4, -0.2) is 29.1 Å². The van der Waals surface area contributed by atoms with Crippen molar-refractivity contribution in [3.63, 3.8) is 0 Å². The largest absolute Gasteiger partial charge is 0.507 e. The number of ketones is 1. The van der Waals surface area contributed by atoms with Gasteiger partial charge in [0.05, 0.1) is 28.8 Å². The Morgan fingerprint density at radius 1 is 1.13 bits per heavy atom. The molecule has 1 aliphatic heterocycles. The first-order valence-electron chi connectivity index (χ1n) is 9.15. The molecule has 1 saturated heterocycles. The van der Waals surface area contributed by atoms with Crippen LogP contribution in [0.1, 0.15) is 22.9 Å². The highest BCUT2D eigenvalue weighted by molar-refractivity contribution is 6.51. The van der Waals surface area contributed by atoms with Crippen molar-refractivity contribution >= 4 is 46.5 Å². The predicted molar refractivity (Wildman–Crippen MR) is 115 cm³/mol. The van der Waals surface area contributed by atoms with Crippen LogP contribution in [0.4, 0.5) is 5.82 Å². The van der Waals surface area contributed by atoms with Gasteiger partial charge in [0.2, 0.25) is 0 Å². The molecule has 7 nitrogen and oxygen atoms in total. The van der Waals surface area contributed by atoms with Gasteiger partial charge in [-0.15, -0.1) is 0 Å². The lowest BCUT2D eigenvalue weighted by molar-refractivity contribution is -0.132. The fourth-order valence-corrected chi connectivity index (χ4v) is 3.77. The van der Waals surface area contributed by atoms with Crippen molar-refractivity contribution in [2.75, 3.05) is 12.0 Å². The molecule has 0 radical (unpaired) electrons. The van der Waals surface area contributed by atoms with E-state index in [1.807, 2.05) is 0 Å². The monoisotopic (exact) mass is 458 g/mol. The zero-order valence-electron chi connectivity index (χ0n) is 16.4. The minimum absolute atomic E-state index is 0.114. The Kier molecular flexibility index (Phi) is 5.47. The van der Waals surface area contributed by atoms with Crippen LogP contribution in [0.2, 0.25) is 10.0 Å². The normalized spacial score (nSPS) is 17.9. The van der Waals surface area contributed by atoms with Gasteiger partial charge in [-0.25, -0.2) is 0 Å². The van der Waals surface area contributed by atoms with E-state index in [2.05, 4.69) is 5.16 Å². The zero-order valence-corrected chi connectivity index (χ0v) is 17.9. The van der Waals surface area contributed by atoms with Crippen LogP contribution in [0.5, 0.6) is 5.75 Å². The van der Waals surface area contributed by atoms with Crippen molar-refractivity contribution in [2.45, 2.75) is 13.0 Å². The number of hydrogen-bond acceptors (Lipinski definition) is 6. The minimum Gasteiger partial charge on any atom is -0.507 e. The Balaban J connectivity index is 1.96. The first-order valence-corrected chi connectivity index (χ1v) is 9.91. The fraction of sp³-hybridized carbons (Fsp3) is 0.136. The number of carbonyl (C=O) groups excluding carboxylic acids is 2. The molecule has 2 aromatic carbocycles. The summed E-state index contributed by atoms with van der Waals surface area (Å²) in [6.45, 7) is 1.66. The summed E-state index contributed by atoms with van der Waals surface area (Å²) < 4.78 is 10.3. The van der Waals surface area contributed by atoms with E-state index in [1.54, 1.807) is 49.4 Å².